The Kier molecular flexibility index (Phi) is 3.79. The third-order valence-corrected chi connectivity index (χ3v) is 2.81. The van der Waals surface area contributed by atoms with E-state index in [0.717, 1.165) is 0 Å². The predicted octanol–water partition coefficient (Wildman–Crippen LogP) is 0.969. The van der Waals surface area contributed by atoms with Crippen molar-refractivity contribution < 1.29 is 14.3 Å². The van der Waals surface area contributed by atoms with Gasteiger partial charge in [0.05, 0.1) is 13.5 Å². The molecule has 2 aromatic heterocycles. The van der Waals surface area contributed by atoms with Crippen molar-refractivity contribution in [3.05, 3.63) is 36.3 Å². The summed E-state index contributed by atoms with van der Waals surface area (Å²) >= 11 is 0. The van der Waals surface area contributed by atoms with E-state index in [1.54, 1.807) is 17.6 Å². The zero-order valence-electron chi connectivity index (χ0n) is 10.9. The van der Waals surface area contributed by atoms with E-state index in [9.17, 15) is 9.59 Å². The Hall–Kier alpha value is -2.37. The highest BCUT2D eigenvalue weighted by Crippen LogP contribution is 2.07. The van der Waals surface area contributed by atoms with Crippen molar-refractivity contribution in [2.45, 2.75) is 6.42 Å². The van der Waals surface area contributed by atoms with Crippen molar-refractivity contribution in [3.63, 3.8) is 0 Å². The molecule has 0 saturated heterocycles. The summed E-state index contributed by atoms with van der Waals surface area (Å²) in [7, 11) is 2.96. The number of nitrogens with zero attached hydrogens (tertiary/aromatic N) is 3. The van der Waals surface area contributed by atoms with Crippen molar-refractivity contribution in [2.75, 3.05) is 20.7 Å². The number of fused-ring (bicyclic) bond motifs is 1. The zero-order valence-corrected chi connectivity index (χ0v) is 10.9. The first-order valence-corrected chi connectivity index (χ1v) is 5.88. The van der Waals surface area contributed by atoms with E-state index in [0.29, 0.717) is 17.9 Å². The molecular weight excluding hydrogens is 246 g/mol. The van der Waals surface area contributed by atoms with E-state index in [1.165, 1.54) is 12.0 Å². The molecule has 0 saturated carbocycles. The molecule has 0 aliphatic rings. The van der Waals surface area contributed by atoms with E-state index in [2.05, 4.69) is 9.72 Å². The SMILES string of the molecule is COC(=O)CCN(C)C(=O)c1cn2ccccc2n1. The lowest BCUT2D eigenvalue weighted by Crippen LogP contribution is -2.29. The van der Waals surface area contributed by atoms with Crippen molar-refractivity contribution in [3.8, 4) is 0 Å². The largest absolute Gasteiger partial charge is 0.469 e. The van der Waals surface area contributed by atoms with Gasteiger partial charge in [-0.15, -0.1) is 0 Å². The average molecular weight is 261 g/mol. The Morgan fingerprint density at radius 3 is 2.89 bits per heavy atom. The number of hydrogen-bond donors (Lipinski definition) is 0. The minimum atomic E-state index is -0.338. The lowest BCUT2D eigenvalue weighted by Gasteiger charge is -2.14. The molecule has 6 nitrogen and oxygen atoms in total. The molecule has 1 amide bonds. The summed E-state index contributed by atoms with van der Waals surface area (Å²) in [6.45, 7) is 0.305. The molecule has 2 heterocycles. The highest BCUT2D eigenvalue weighted by Gasteiger charge is 2.16. The topological polar surface area (TPSA) is 63.9 Å². The van der Waals surface area contributed by atoms with Gasteiger partial charge in [0.1, 0.15) is 11.3 Å². The molecule has 0 aliphatic carbocycles. The second-order valence-electron chi connectivity index (χ2n) is 4.15. The van der Waals surface area contributed by atoms with E-state index < -0.39 is 0 Å². The number of ether oxygens (including phenoxy) is 1. The Bertz CT molecular complexity index is 573. The minimum Gasteiger partial charge on any atom is -0.469 e. The van der Waals surface area contributed by atoms with Crippen LogP contribution < -0.4 is 0 Å². The first kappa shape index (κ1) is 13.1. The molecule has 0 radical (unpaired) electrons. The second kappa shape index (κ2) is 5.51. The molecule has 0 bridgehead atoms. The van der Waals surface area contributed by atoms with E-state index in [4.69, 9.17) is 0 Å². The highest BCUT2D eigenvalue weighted by molar-refractivity contribution is 5.92. The fraction of sp³-hybridized carbons (Fsp3) is 0.308. The fourth-order valence-corrected chi connectivity index (χ4v) is 1.70. The van der Waals surface area contributed by atoms with Crippen molar-refractivity contribution in [1.29, 1.82) is 0 Å². The van der Waals surface area contributed by atoms with Crippen molar-refractivity contribution in [1.82, 2.24) is 14.3 Å². The third kappa shape index (κ3) is 2.90. The summed E-state index contributed by atoms with van der Waals surface area (Å²) in [6, 6.07) is 5.55. The summed E-state index contributed by atoms with van der Waals surface area (Å²) in [4.78, 5) is 28.8. The Morgan fingerprint density at radius 2 is 2.21 bits per heavy atom. The number of rotatable bonds is 4. The molecule has 0 aromatic carbocycles. The number of esters is 1. The minimum absolute atomic E-state index is 0.173. The number of aromatic nitrogens is 2. The van der Waals surface area contributed by atoms with Crippen LogP contribution in [0.25, 0.3) is 5.65 Å². The monoisotopic (exact) mass is 261 g/mol. The fourth-order valence-electron chi connectivity index (χ4n) is 1.70. The summed E-state index contributed by atoms with van der Waals surface area (Å²) in [5, 5.41) is 0. The van der Waals surface area contributed by atoms with Crippen LogP contribution in [0.3, 0.4) is 0 Å². The van der Waals surface area contributed by atoms with Gasteiger partial charge in [-0.3, -0.25) is 9.59 Å². The van der Waals surface area contributed by atoms with Gasteiger partial charge >= 0.3 is 5.97 Å². The maximum atomic E-state index is 12.1. The normalized spacial score (nSPS) is 10.4. The molecule has 2 aromatic rings. The van der Waals surface area contributed by atoms with Crippen LogP contribution in [0.15, 0.2) is 30.6 Å². The number of carbonyl (C=O) groups is 2. The molecule has 0 aliphatic heterocycles. The number of pyridine rings is 1. The maximum Gasteiger partial charge on any atom is 0.307 e. The van der Waals surface area contributed by atoms with Crippen LogP contribution in [0.4, 0.5) is 0 Å². The molecule has 2 rings (SSSR count). The van der Waals surface area contributed by atoms with Gasteiger partial charge in [-0.25, -0.2) is 4.98 Å². The number of imidazole rings is 1. The second-order valence-corrected chi connectivity index (χ2v) is 4.15. The standard InChI is InChI=1S/C13H15N3O3/c1-15(8-6-12(17)19-2)13(18)10-9-16-7-4-3-5-11(16)14-10/h3-5,7,9H,6,8H2,1-2H3. The van der Waals surface area contributed by atoms with Gasteiger partial charge in [0.15, 0.2) is 0 Å². The van der Waals surface area contributed by atoms with Gasteiger partial charge in [-0.1, -0.05) is 6.07 Å². The molecule has 0 unspecified atom stereocenters. The number of amides is 1. The van der Waals surface area contributed by atoms with Crippen LogP contribution in [0.1, 0.15) is 16.9 Å². The lowest BCUT2D eigenvalue weighted by molar-refractivity contribution is -0.140. The highest BCUT2D eigenvalue weighted by atomic mass is 16.5. The summed E-state index contributed by atoms with van der Waals surface area (Å²) in [5.74, 6) is -0.553. The summed E-state index contributed by atoms with van der Waals surface area (Å²) in [6.07, 6.45) is 3.67. The van der Waals surface area contributed by atoms with Crippen molar-refractivity contribution >= 4 is 17.5 Å². The van der Waals surface area contributed by atoms with E-state index >= 15 is 0 Å². The molecule has 0 N–H and O–H groups in total. The van der Waals surface area contributed by atoms with Gasteiger partial charge in [-0.05, 0) is 12.1 Å². The molecule has 0 spiro atoms. The molecule has 6 heteroatoms. The molecular formula is C13H15N3O3. The quantitative estimate of drug-likeness (QED) is 0.769. The smallest absolute Gasteiger partial charge is 0.307 e. The predicted molar refractivity (Wildman–Crippen MR) is 68.8 cm³/mol. The van der Waals surface area contributed by atoms with Crippen LogP contribution in [-0.4, -0.2) is 46.9 Å². The molecule has 0 atom stereocenters. The first-order chi connectivity index (χ1) is 9.11. The molecule has 100 valence electrons. The first-order valence-electron chi connectivity index (χ1n) is 5.88. The van der Waals surface area contributed by atoms with E-state index in [-0.39, 0.29) is 18.3 Å². The number of hydrogen-bond acceptors (Lipinski definition) is 4. The summed E-state index contributed by atoms with van der Waals surface area (Å²) in [5.41, 5.74) is 1.07. The Labute approximate surface area is 110 Å². The molecule has 19 heavy (non-hydrogen) atoms. The van der Waals surface area contributed by atoms with Crippen LogP contribution in [-0.2, 0) is 9.53 Å². The number of methoxy groups -OCH3 is 1. The van der Waals surface area contributed by atoms with Gasteiger partial charge in [0, 0.05) is 26.0 Å². The maximum absolute atomic E-state index is 12.1. The van der Waals surface area contributed by atoms with Gasteiger partial charge in [-0.2, -0.15) is 0 Å². The van der Waals surface area contributed by atoms with Crippen LogP contribution in [0, 0.1) is 0 Å². The number of carbonyl (C=O) groups excluding carboxylic acids is 2. The lowest BCUT2D eigenvalue weighted by atomic mass is 10.3. The average Bonchev–Trinajstić information content (AvgIpc) is 2.87. The van der Waals surface area contributed by atoms with Gasteiger partial charge in [0.2, 0.25) is 0 Å². The zero-order chi connectivity index (χ0) is 13.8. The van der Waals surface area contributed by atoms with Gasteiger partial charge < -0.3 is 14.0 Å². The van der Waals surface area contributed by atoms with Crippen LogP contribution >= 0.6 is 0 Å². The Balaban J connectivity index is 2.08. The molecule has 0 fully saturated rings. The van der Waals surface area contributed by atoms with Crippen LogP contribution in [0.5, 0.6) is 0 Å². The van der Waals surface area contributed by atoms with Crippen molar-refractivity contribution in [2.24, 2.45) is 0 Å². The third-order valence-electron chi connectivity index (χ3n) is 2.81. The summed E-state index contributed by atoms with van der Waals surface area (Å²) < 4.78 is 6.32. The Morgan fingerprint density at radius 1 is 1.42 bits per heavy atom. The van der Waals surface area contributed by atoms with E-state index in [1.807, 2.05) is 24.4 Å². The van der Waals surface area contributed by atoms with Gasteiger partial charge in [0.25, 0.3) is 5.91 Å². The van der Waals surface area contributed by atoms with Crippen LogP contribution in [0.2, 0.25) is 0 Å².